The van der Waals surface area contributed by atoms with Crippen LogP contribution in [0.25, 0.3) is 10.6 Å². The van der Waals surface area contributed by atoms with Gasteiger partial charge in [-0.15, -0.1) is 10.2 Å². The Hall–Kier alpha value is -3.35. The van der Waals surface area contributed by atoms with Crippen LogP contribution in [-0.2, 0) is 11.3 Å². The summed E-state index contributed by atoms with van der Waals surface area (Å²) in [6, 6.07) is 6.07. The number of nitrogens with one attached hydrogen (secondary N) is 2. The Bertz CT molecular complexity index is 1350. The molecule has 0 bridgehead atoms. The molecule has 11 nitrogen and oxygen atoms in total. The second kappa shape index (κ2) is 11.6. The topological polar surface area (TPSA) is 112 Å². The molecule has 2 N–H and O–H groups in total. The van der Waals surface area contributed by atoms with Crippen LogP contribution >= 0.6 is 11.3 Å². The Labute approximate surface area is 239 Å². The second-order valence-corrected chi connectivity index (χ2v) is 11.7. The van der Waals surface area contributed by atoms with Gasteiger partial charge in [-0.05, 0) is 37.5 Å². The lowest BCUT2D eigenvalue weighted by Crippen LogP contribution is -2.55. The summed E-state index contributed by atoms with van der Waals surface area (Å²) in [5.41, 5.74) is 2.47. The SMILES string of the molecule is CCC1C(=O)N(C)c2cnc(Nc3ccc(-c4nnc(CN5CCNCC5)s4)cc3OC)nc2N1C1CCCC1. The Morgan fingerprint density at radius 1 is 1.18 bits per heavy atom. The molecule has 0 spiro atoms. The summed E-state index contributed by atoms with van der Waals surface area (Å²) in [6.07, 6.45) is 7.02. The van der Waals surface area contributed by atoms with E-state index in [9.17, 15) is 4.79 Å². The third-order valence-electron chi connectivity index (χ3n) is 8.14. The minimum Gasteiger partial charge on any atom is -0.495 e. The predicted octanol–water partition coefficient (Wildman–Crippen LogP) is 3.66. The van der Waals surface area contributed by atoms with Crippen LogP contribution in [0.3, 0.4) is 0 Å². The fourth-order valence-electron chi connectivity index (χ4n) is 5.99. The zero-order valence-corrected chi connectivity index (χ0v) is 24.2. The van der Waals surface area contributed by atoms with Gasteiger partial charge in [-0.2, -0.15) is 4.98 Å². The third kappa shape index (κ3) is 5.23. The zero-order valence-electron chi connectivity index (χ0n) is 23.4. The zero-order chi connectivity index (χ0) is 27.6. The number of amides is 1. The van der Waals surface area contributed by atoms with Crippen LogP contribution in [0.2, 0.25) is 0 Å². The Morgan fingerprint density at radius 2 is 1.98 bits per heavy atom. The number of carbonyl (C=O) groups is 1. The number of piperazine rings is 1. The summed E-state index contributed by atoms with van der Waals surface area (Å²) >= 11 is 1.62. The van der Waals surface area contributed by atoms with Crippen molar-refractivity contribution in [3.8, 4) is 16.3 Å². The molecule has 1 amide bonds. The molecule has 1 saturated heterocycles. The van der Waals surface area contributed by atoms with Crippen molar-refractivity contribution in [3.63, 3.8) is 0 Å². The lowest BCUT2D eigenvalue weighted by Gasteiger charge is -2.43. The molecule has 1 aliphatic carbocycles. The van der Waals surface area contributed by atoms with Gasteiger partial charge in [0.2, 0.25) is 11.9 Å². The number of methoxy groups -OCH3 is 1. The van der Waals surface area contributed by atoms with E-state index >= 15 is 0 Å². The maximum absolute atomic E-state index is 13.2. The third-order valence-corrected chi connectivity index (χ3v) is 9.10. The molecule has 3 aliphatic rings. The summed E-state index contributed by atoms with van der Waals surface area (Å²) in [6.45, 7) is 6.97. The number of nitrogens with zero attached hydrogens (tertiary/aromatic N) is 7. The highest BCUT2D eigenvalue weighted by Crippen LogP contribution is 2.40. The number of hydrogen-bond donors (Lipinski definition) is 2. The highest BCUT2D eigenvalue weighted by Gasteiger charge is 2.41. The molecule has 212 valence electrons. The summed E-state index contributed by atoms with van der Waals surface area (Å²) in [5, 5.41) is 17.5. The molecule has 40 heavy (non-hydrogen) atoms. The molecule has 12 heteroatoms. The predicted molar refractivity (Wildman–Crippen MR) is 158 cm³/mol. The number of ether oxygens (including phenoxy) is 1. The van der Waals surface area contributed by atoms with Gasteiger partial charge in [0.15, 0.2) is 5.82 Å². The Balaban J connectivity index is 1.24. The number of anilines is 4. The van der Waals surface area contributed by atoms with Gasteiger partial charge in [0.25, 0.3) is 0 Å². The molecule has 3 aromatic rings. The Kier molecular flexibility index (Phi) is 7.81. The molecule has 1 aromatic carbocycles. The fraction of sp³-hybridized carbons (Fsp3) is 0.536. The van der Waals surface area contributed by atoms with Crippen LogP contribution in [-0.4, -0.2) is 83.4 Å². The molecule has 1 atom stereocenters. The highest BCUT2D eigenvalue weighted by molar-refractivity contribution is 7.14. The van der Waals surface area contributed by atoms with Crippen LogP contribution in [0.15, 0.2) is 24.4 Å². The standard InChI is InChI=1S/C28H37N9O2S/c1-4-21-27(38)35(2)22-16-30-28(32-25(22)37(21)19-7-5-6-8-19)31-20-10-9-18(15-23(20)39-3)26-34-33-24(40-26)17-36-13-11-29-12-14-36/h9-10,15-16,19,21,29H,4-8,11-14,17H2,1-3H3,(H,30,31,32). The fourth-order valence-corrected chi connectivity index (χ4v) is 6.86. The number of carbonyl (C=O) groups excluding carboxylic acids is 1. The molecule has 6 rings (SSSR count). The maximum atomic E-state index is 13.2. The van der Waals surface area contributed by atoms with Gasteiger partial charge in [-0.25, -0.2) is 4.98 Å². The number of aromatic nitrogens is 4. The van der Waals surface area contributed by atoms with Crippen molar-refractivity contribution in [2.24, 2.45) is 0 Å². The largest absolute Gasteiger partial charge is 0.495 e. The summed E-state index contributed by atoms with van der Waals surface area (Å²) < 4.78 is 5.75. The minimum atomic E-state index is -0.208. The van der Waals surface area contributed by atoms with E-state index < -0.39 is 0 Å². The van der Waals surface area contributed by atoms with Crippen LogP contribution in [0.4, 0.5) is 23.1 Å². The first-order valence-electron chi connectivity index (χ1n) is 14.2. The van der Waals surface area contributed by atoms with E-state index in [2.05, 4.69) is 42.5 Å². The number of hydrogen-bond acceptors (Lipinski definition) is 11. The molecule has 2 fully saturated rings. The van der Waals surface area contributed by atoms with Gasteiger partial charge in [0.05, 0.1) is 25.5 Å². The molecule has 0 radical (unpaired) electrons. The molecule has 1 saturated carbocycles. The van der Waals surface area contributed by atoms with E-state index in [4.69, 9.17) is 9.72 Å². The van der Waals surface area contributed by atoms with Crippen molar-refractivity contribution in [2.45, 2.75) is 57.7 Å². The van der Waals surface area contributed by atoms with Crippen LogP contribution in [0.5, 0.6) is 5.75 Å². The van der Waals surface area contributed by atoms with Gasteiger partial charge in [0, 0.05) is 44.8 Å². The van der Waals surface area contributed by atoms with Crippen LogP contribution < -0.4 is 25.2 Å². The van der Waals surface area contributed by atoms with Crippen molar-refractivity contribution in [1.82, 2.24) is 30.4 Å². The monoisotopic (exact) mass is 563 g/mol. The number of rotatable bonds is 8. The van der Waals surface area contributed by atoms with E-state index in [0.29, 0.717) is 17.7 Å². The molecule has 2 aliphatic heterocycles. The molecular formula is C28H37N9O2S. The smallest absolute Gasteiger partial charge is 0.249 e. The van der Waals surface area contributed by atoms with E-state index in [-0.39, 0.29) is 11.9 Å². The number of fused-ring (bicyclic) bond motifs is 1. The van der Waals surface area contributed by atoms with Gasteiger partial charge in [-0.3, -0.25) is 9.69 Å². The van der Waals surface area contributed by atoms with Crippen LogP contribution in [0.1, 0.15) is 44.0 Å². The number of likely N-dealkylation sites (N-methyl/N-ethyl adjacent to an activating group) is 1. The maximum Gasteiger partial charge on any atom is 0.249 e. The van der Waals surface area contributed by atoms with Crippen molar-refractivity contribution in [3.05, 3.63) is 29.4 Å². The van der Waals surface area contributed by atoms with Gasteiger partial charge >= 0.3 is 0 Å². The molecule has 1 unspecified atom stereocenters. The van der Waals surface area contributed by atoms with E-state index in [1.54, 1.807) is 29.5 Å². The van der Waals surface area contributed by atoms with Crippen LogP contribution in [0, 0.1) is 0 Å². The van der Waals surface area contributed by atoms with Crippen molar-refractivity contribution in [1.29, 1.82) is 0 Å². The summed E-state index contributed by atoms with van der Waals surface area (Å²) in [4.78, 5) is 29.1. The van der Waals surface area contributed by atoms with E-state index in [0.717, 1.165) is 84.8 Å². The first kappa shape index (κ1) is 26.9. The first-order valence-corrected chi connectivity index (χ1v) is 15.0. The molecular weight excluding hydrogens is 526 g/mol. The quantitative estimate of drug-likeness (QED) is 0.421. The van der Waals surface area contributed by atoms with Crippen molar-refractivity contribution >= 4 is 40.4 Å². The number of benzene rings is 1. The molecule has 4 heterocycles. The van der Waals surface area contributed by atoms with Crippen molar-refractivity contribution in [2.75, 3.05) is 55.5 Å². The minimum absolute atomic E-state index is 0.108. The lowest BCUT2D eigenvalue weighted by molar-refractivity contribution is -0.120. The normalized spacial score (nSPS) is 20.2. The summed E-state index contributed by atoms with van der Waals surface area (Å²) in [7, 11) is 3.47. The second-order valence-electron chi connectivity index (χ2n) is 10.6. The van der Waals surface area contributed by atoms with E-state index in [1.807, 2.05) is 25.2 Å². The van der Waals surface area contributed by atoms with Gasteiger partial charge in [-0.1, -0.05) is 31.1 Å². The Morgan fingerprint density at radius 3 is 2.73 bits per heavy atom. The summed E-state index contributed by atoms with van der Waals surface area (Å²) in [5.74, 6) is 2.07. The lowest BCUT2D eigenvalue weighted by atomic mass is 10.0. The highest BCUT2D eigenvalue weighted by atomic mass is 32.1. The van der Waals surface area contributed by atoms with Crippen molar-refractivity contribution < 1.29 is 9.53 Å². The van der Waals surface area contributed by atoms with Gasteiger partial charge in [0.1, 0.15) is 27.5 Å². The average Bonchev–Trinajstić information content (AvgIpc) is 3.68. The average molecular weight is 564 g/mol. The first-order chi connectivity index (χ1) is 19.6. The van der Waals surface area contributed by atoms with Gasteiger partial charge < -0.3 is 25.2 Å². The molecule has 2 aromatic heterocycles. The van der Waals surface area contributed by atoms with E-state index in [1.165, 1.54) is 12.8 Å².